The summed E-state index contributed by atoms with van der Waals surface area (Å²) in [6.45, 7) is 0. The van der Waals surface area contributed by atoms with Crippen LogP contribution < -0.4 is 0 Å². The molecule has 0 bridgehead atoms. The summed E-state index contributed by atoms with van der Waals surface area (Å²) in [5, 5.41) is 0. The van der Waals surface area contributed by atoms with Crippen molar-refractivity contribution in [1.82, 2.24) is 0 Å². The summed E-state index contributed by atoms with van der Waals surface area (Å²) in [5.74, 6) is -0.145. The van der Waals surface area contributed by atoms with E-state index < -0.39 is 10.1 Å². The fraction of sp³-hybridized carbons (Fsp3) is 1.00. The van der Waals surface area contributed by atoms with Crippen molar-refractivity contribution in [3.63, 3.8) is 0 Å². The molecule has 0 saturated heterocycles. The molecule has 0 heterocycles. The van der Waals surface area contributed by atoms with Crippen molar-refractivity contribution in [3.05, 3.63) is 0 Å². The van der Waals surface area contributed by atoms with Gasteiger partial charge in [-0.15, -0.1) is 0 Å². The Kier molecular flexibility index (Phi) is 9.71. The average molecular weight is 276 g/mol. The van der Waals surface area contributed by atoms with Gasteiger partial charge in [-0.3, -0.25) is 4.55 Å². The summed E-state index contributed by atoms with van der Waals surface area (Å²) in [4.78, 5) is 0. The fourth-order valence-electron chi connectivity index (χ4n) is 0.0975. The molecule has 0 rings (SSSR count). The summed E-state index contributed by atoms with van der Waals surface area (Å²) in [7, 11) is -3.68. The van der Waals surface area contributed by atoms with Crippen LogP contribution in [0.5, 0.6) is 0 Å². The zero-order valence-electron chi connectivity index (χ0n) is 3.46. The van der Waals surface area contributed by atoms with Gasteiger partial charge in [0.1, 0.15) is 0 Å². The second-order valence-electron chi connectivity index (χ2n) is 0.975. The first-order valence-corrected chi connectivity index (χ1v) is 4.71. The van der Waals surface area contributed by atoms with E-state index in [1.54, 1.807) is 0 Å². The molecule has 0 radical (unpaired) electrons. The standard InChI is InChI=1S/C2H5IO3S.K.H/c3-1-2-7(4,5)6;;/h1-2H2,(H,4,5,6);;. The van der Waals surface area contributed by atoms with Crippen LogP contribution in [0.25, 0.3) is 0 Å². The van der Waals surface area contributed by atoms with Crippen molar-refractivity contribution in [3.8, 4) is 0 Å². The normalized spacial score (nSPS) is 10.2. The van der Waals surface area contributed by atoms with Gasteiger partial charge in [-0.05, 0) is 0 Å². The van der Waals surface area contributed by atoms with Crippen LogP contribution >= 0.6 is 22.6 Å². The Morgan fingerprint density at radius 1 is 1.50 bits per heavy atom. The Morgan fingerprint density at radius 3 is 1.88 bits per heavy atom. The molecule has 0 aliphatic carbocycles. The van der Waals surface area contributed by atoms with Crippen LogP contribution in [0.2, 0.25) is 0 Å². The molecule has 0 spiro atoms. The van der Waals surface area contributed by atoms with E-state index >= 15 is 0 Å². The van der Waals surface area contributed by atoms with E-state index in [0.717, 1.165) is 0 Å². The minimum absolute atomic E-state index is 0. The second kappa shape index (κ2) is 6.02. The molecule has 6 heteroatoms. The molecule has 8 heavy (non-hydrogen) atoms. The molecule has 0 saturated carbocycles. The molecule has 0 aliphatic heterocycles. The van der Waals surface area contributed by atoms with Crippen LogP contribution in [0.15, 0.2) is 0 Å². The van der Waals surface area contributed by atoms with Crippen molar-refractivity contribution in [2.75, 3.05) is 10.2 Å². The number of alkyl halides is 1. The molecule has 46 valence electrons. The van der Waals surface area contributed by atoms with Gasteiger partial charge in [-0.25, -0.2) is 0 Å². The molecule has 0 amide bonds. The SMILES string of the molecule is O=S(=O)(O)CCI.[KH]. The Hall–Kier alpha value is 2.28. The zero-order valence-corrected chi connectivity index (χ0v) is 6.44. The van der Waals surface area contributed by atoms with E-state index in [-0.39, 0.29) is 57.1 Å². The maximum absolute atomic E-state index is 9.78. The Balaban J connectivity index is 0. The van der Waals surface area contributed by atoms with E-state index in [1.165, 1.54) is 0 Å². The van der Waals surface area contributed by atoms with Crippen molar-refractivity contribution < 1.29 is 13.0 Å². The van der Waals surface area contributed by atoms with Crippen LogP contribution in [0.3, 0.4) is 0 Å². The van der Waals surface area contributed by atoms with Gasteiger partial charge >= 0.3 is 51.4 Å². The summed E-state index contributed by atoms with van der Waals surface area (Å²) in [6, 6.07) is 0. The average Bonchev–Trinajstić information content (AvgIpc) is 1.30. The second-order valence-corrected chi connectivity index (χ2v) is 3.63. The molecule has 0 aromatic heterocycles. The van der Waals surface area contributed by atoms with Gasteiger partial charge in [0.05, 0.1) is 5.75 Å². The van der Waals surface area contributed by atoms with E-state index in [4.69, 9.17) is 4.55 Å². The molecule has 0 fully saturated rings. The van der Waals surface area contributed by atoms with Crippen LogP contribution in [0.1, 0.15) is 0 Å². The first-order valence-electron chi connectivity index (χ1n) is 1.57. The third-order valence-corrected chi connectivity index (χ3v) is 2.33. The van der Waals surface area contributed by atoms with Crippen molar-refractivity contribution in [1.29, 1.82) is 0 Å². The van der Waals surface area contributed by atoms with Gasteiger partial charge in [-0.1, -0.05) is 22.6 Å². The van der Waals surface area contributed by atoms with Gasteiger partial charge in [0.2, 0.25) is 0 Å². The Labute approximate surface area is 105 Å². The number of halogens is 1. The predicted molar refractivity (Wildman–Crippen MR) is 42.5 cm³/mol. The monoisotopic (exact) mass is 276 g/mol. The van der Waals surface area contributed by atoms with Gasteiger partial charge in [-0.2, -0.15) is 8.42 Å². The van der Waals surface area contributed by atoms with E-state index in [0.29, 0.717) is 4.43 Å². The number of hydrogen-bond donors (Lipinski definition) is 1. The fourth-order valence-corrected chi connectivity index (χ4v) is 1.96. The van der Waals surface area contributed by atoms with Crippen molar-refractivity contribution in [2.45, 2.75) is 0 Å². The third-order valence-electron chi connectivity index (χ3n) is 0.335. The van der Waals surface area contributed by atoms with Crippen molar-refractivity contribution in [2.24, 2.45) is 0 Å². The molecule has 1 N–H and O–H groups in total. The summed E-state index contributed by atoms with van der Waals surface area (Å²) in [5.41, 5.74) is 0. The molecule has 0 unspecified atom stereocenters. The predicted octanol–water partition coefficient (Wildman–Crippen LogP) is -0.339. The topological polar surface area (TPSA) is 54.4 Å². The van der Waals surface area contributed by atoms with Gasteiger partial charge < -0.3 is 0 Å². The minimum atomic E-state index is -3.68. The maximum atomic E-state index is 9.78. The third kappa shape index (κ3) is 11.1. The molecule has 0 aliphatic rings. The zero-order chi connectivity index (χ0) is 5.91. The first-order chi connectivity index (χ1) is 3.06. The van der Waals surface area contributed by atoms with Crippen LogP contribution in [0, 0.1) is 0 Å². The number of hydrogen-bond acceptors (Lipinski definition) is 2. The Morgan fingerprint density at radius 2 is 1.88 bits per heavy atom. The van der Waals surface area contributed by atoms with Gasteiger partial charge in [0.25, 0.3) is 10.1 Å². The van der Waals surface area contributed by atoms with Gasteiger partial charge in [0, 0.05) is 4.43 Å². The number of rotatable bonds is 2. The van der Waals surface area contributed by atoms with E-state index in [2.05, 4.69) is 0 Å². The van der Waals surface area contributed by atoms with E-state index in [1.807, 2.05) is 22.6 Å². The molecular weight excluding hydrogens is 270 g/mol. The first kappa shape index (κ1) is 12.9. The van der Waals surface area contributed by atoms with Crippen LogP contribution in [-0.4, -0.2) is 74.5 Å². The van der Waals surface area contributed by atoms with Crippen LogP contribution in [-0.2, 0) is 10.1 Å². The molecule has 3 nitrogen and oxygen atoms in total. The van der Waals surface area contributed by atoms with E-state index in [9.17, 15) is 8.42 Å². The molecular formula is C2H6IKO3S. The van der Waals surface area contributed by atoms with Crippen molar-refractivity contribution >= 4 is 84.1 Å². The Bertz CT molecular complexity index is 130. The molecule has 0 aromatic carbocycles. The summed E-state index contributed by atoms with van der Waals surface area (Å²) >= 11 is 1.87. The molecule has 0 aromatic rings. The quantitative estimate of drug-likeness (QED) is 0.325. The van der Waals surface area contributed by atoms with Crippen LogP contribution in [0.4, 0.5) is 0 Å². The molecule has 0 atom stereocenters. The summed E-state index contributed by atoms with van der Waals surface area (Å²) in [6.07, 6.45) is 0. The summed E-state index contributed by atoms with van der Waals surface area (Å²) < 4.78 is 28.0. The van der Waals surface area contributed by atoms with Gasteiger partial charge in [0.15, 0.2) is 0 Å².